The molecule has 2 fully saturated rings. The van der Waals surface area contributed by atoms with Crippen molar-refractivity contribution in [1.29, 1.82) is 0 Å². The summed E-state index contributed by atoms with van der Waals surface area (Å²) in [5.74, 6) is 1.71. The number of para-hydroxylation sites is 5. The van der Waals surface area contributed by atoms with E-state index in [1.54, 1.807) is 6.07 Å². The average molecular weight is 1290 g/mol. The van der Waals surface area contributed by atoms with E-state index < -0.39 is 0 Å². The van der Waals surface area contributed by atoms with Gasteiger partial charge in [-0.3, -0.25) is 0 Å². The Labute approximate surface area is 554 Å². The standard InChI is InChI=1S/C17H27N.C16H22BrFN2.2C16H24N2.C15H21N/c1-12-8-9-14-13(2)11-17(6,7)18(15(14)10-12)16(3,4)5;1-16(2,3)20-10-11-6-4-5-7-19(11)14-8-12(17)13(18)9-15(14)20;1-16(2,3)18-12-13-8-6-7-11-17(13)14-9-4-5-10-15(14)18;1-5-6-7-12-15-17-13-10-8-9-11-14(13)18(15)16(2,3)4;1-5-8-13-11-12-9-6-7-10-14(12)16(13)15(2,3)4/h8-10,13H,11H2,1-7H3;8-9,11H,4-7,10H2,1-3H3;4-5,9-10,13H,6-8,11-12H2,1-3H3;8-11H,5-7,12H2,1-4H3;6-7,9-11H,5,8H2,1-4H3. The molecule has 5 aromatic carbocycles. The Kier molecular flexibility index (Phi) is 22.2. The van der Waals surface area contributed by atoms with Gasteiger partial charge in [-0.1, -0.05) is 94.6 Å². The average Bonchev–Trinajstić information content (AvgIpc) is 1.13. The van der Waals surface area contributed by atoms with Crippen LogP contribution in [0.3, 0.4) is 0 Å². The summed E-state index contributed by atoms with van der Waals surface area (Å²) < 4.78 is 19.4. The van der Waals surface area contributed by atoms with Crippen LogP contribution in [0.1, 0.15) is 238 Å². The monoisotopic (exact) mass is 1290 g/mol. The Morgan fingerprint density at radius 2 is 1.10 bits per heavy atom. The minimum atomic E-state index is -0.173. The number of hydrogen-bond acceptors (Lipinski definition) is 6. The molecule has 7 aromatic rings. The SMILES string of the molecule is CC(C)(C)N1CC2CCCCN2c2cc(Br)c(F)cc21.CC(C)(C)N1CC2CCCCN2c2ccccc21.CCCCCc1nc2ccccc2n1C(C)(C)C.CCCc1cc2ccccc2n1C(C)(C)C.Cc1ccc2c(c1)N(C(C)(C)C)C(C)(C)CC2C. The summed E-state index contributed by atoms with van der Waals surface area (Å²) in [7, 11) is 0. The molecule has 12 rings (SSSR count). The maximum atomic E-state index is 14.0. The maximum absolute atomic E-state index is 14.0. The number of nitrogens with zero attached hydrogens (tertiary/aromatic N) is 8. The van der Waals surface area contributed by atoms with Crippen molar-refractivity contribution in [2.24, 2.45) is 0 Å². The normalized spacial score (nSPS) is 18.9. The largest absolute Gasteiger partial charge is 0.365 e. The molecule has 0 aliphatic carbocycles. The summed E-state index contributed by atoms with van der Waals surface area (Å²) in [6.07, 6.45) is 16.3. The zero-order valence-electron chi connectivity index (χ0n) is 60.0. The van der Waals surface area contributed by atoms with Crippen molar-refractivity contribution in [3.05, 3.63) is 142 Å². The first-order valence-electron chi connectivity index (χ1n) is 34.8. The van der Waals surface area contributed by atoms with Crippen LogP contribution in [0.5, 0.6) is 0 Å². The van der Waals surface area contributed by atoms with Crippen LogP contribution in [-0.2, 0) is 23.9 Å². The number of aromatic nitrogens is 3. The highest BCUT2D eigenvalue weighted by Crippen LogP contribution is 2.48. The predicted octanol–water partition coefficient (Wildman–Crippen LogP) is 22.0. The molecule has 0 amide bonds. The minimum Gasteiger partial charge on any atom is -0.365 e. The molecule has 90 heavy (non-hydrogen) atoms. The van der Waals surface area contributed by atoms with E-state index >= 15 is 0 Å². The number of halogens is 2. The molecule has 3 unspecified atom stereocenters. The number of imidazole rings is 1. The van der Waals surface area contributed by atoms with E-state index in [0.29, 0.717) is 22.5 Å². The lowest BCUT2D eigenvalue weighted by atomic mass is 9.77. The smallest absolute Gasteiger partial charge is 0.139 e. The van der Waals surface area contributed by atoms with Gasteiger partial charge in [0.2, 0.25) is 0 Å². The fraction of sp³-hybridized carbons (Fsp3) is 0.588. The van der Waals surface area contributed by atoms with Crippen molar-refractivity contribution < 1.29 is 4.39 Å². The molecule has 0 bridgehead atoms. The van der Waals surface area contributed by atoms with Crippen LogP contribution in [0.15, 0.2) is 114 Å². The first kappa shape index (κ1) is 70.4. The van der Waals surface area contributed by atoms with E-state index in [2.05, 4.69) is 292 Å². The van der Waals surface area contributed by atoms with Crippen molar-refractivity contribution in [1.82, 2.24) is 14.1 Å². The van der Waals surface area contributed by atoms with Gasteiger partial charge in [0.25, 0.3) is 0 Å². The highest BCUT2D eigenvalue weighted by atomic mass is 79.9. The summed E-state index contributed by atoms with van der Waals surface area (Å²) in [6.45, 7) is 52.4. The number of fused-ring (bicyclic) bond motifs is 9. The van der Waals surface area contributed by atoms with Crippen LogP contribution < -0.4 is 24.5 Å². The van der Waals surface area contributed by atoms with Crippen LogP contribution in [0.4, 0.5) is 32.8 Å². The molecule has 8 nitrogen and oxygen atoms in total. The van der Waals surface area contributed by atoms with Crippen molar-refractivity contribution in [2.75, 3.05) is 50.7 Å². The lowest BCUT2D eigenvalue weighted by Crippen LogP contribution is -2.57. The van der Waals surface area contributed by atoms with Crippen molar-refractivity contribution >= 4 is 66.3 Å². The van der Waals surface area contributed by atoms with Crippen LogP contribution in [0, 0.1) is 12.7 Å². The van der Waals surface area contributed by atoms with E-state index in [0.717, 1.165) is 37.1 Å². The molecular weight excluding hydrogens is 1170 g/mol. The molecule has 7 heterocycles. The fourth-order valence-electron chi connectivity index (χ4n) is 15.6. The zero-order valence-corrected chi connectivity index (χ0v) is 61.6. The second kappa shape index (κ2) is 28.4. The van der Waals surface area contributed by atoms with E-state index in [1.807, 2.05) is 6.07 Å². The lowest BCUT2D eigenvalue weighted by molar-refractivity contribution is 0.307. The Morgan fingerprint density at radius 3 is 1.68 bits per heavy atom. The Hall–Kier alpha value is -5.48. The van der Waals surface area contributed by atoms with E-state index in [1.165, 1.54) is 146 Å². The molecule has 492 valence electrons. The van der Waals surface area contributed by atoms with Gasteiger partial charge in [0.1, 0.15) is 11.6 Å². The minimum absolute atomic E-state index is 0.0125. The maximum Gasteiger partial charge on any atom is 0.139 e. The number of rotatable bonds is 6. The second-order valence-electron chi connectivity index (χ2n) is 32.4. The molecule has 5 aliphatic rings. The van der Waals surface area contributed by atoms with Gasteiger partial charge in [0, 0.05) is 101 Å². The summed E-state index contributed by atoms with van der Waals surface area (Å²) in [6, 6.07) is 40.2. The molecule has 5 aliphatic heterocycles. The molecule has 3 atom stereocenters. The first-order valence-corrected chi connectivity index (χ1v) is 35.6. The topological polar surface area (TPSA) is 39.0 Å². The van der Waals surface area contributed by atoms with Crippen molar-refractivity contribution in [3.8, 4) is 0 Å². The zero-order chi connectivity index (χ0) is 65.9. The van der Waals surface area contributed by atoms with Gasteiger partial charge in [-0.2, -0.15) is 0 Å². The van der Waals surface area contributed by atoms with Gasteiger partial charge in [-0.15, -0.1) is 0 Å². The Bertz CT molecular complexity index is 3480. The van der Waals surface area contributed by atoms with Gasteiger partial charge in [0.15, 0.2) is 0 Å². The van der Waals surface area contributed by atoms with Gasteiger partial charge in [-0.05, 0) is 269 Å². The molecule has 0 saturated carbocycles. The number of unbranched alkanes of at least 4 members (excludes halogenated alkanes) is 2. The summed E-state index contributed by atoms with van der Waals surface area (Å²) >= 11 is 3.34. The van der Waals surface area contributed by atoms with Crippen LogP contribution >= 0.6 is 15.9 Å². The van der Waals surface area contributed by atoms with Crippen LogP contribution in [0.25, 0.3) is 21.9 Å². The van der Waals surface area contributed by atoms with E-state index in [-0.39, 0.29) is 39.1 Å². The summed E-state index contributed by atoms with van der Waals surface area (Å²) in [5.41, 5.74) is 15.4. The third-order valence-corrected chi connectivity index (χ3v) is 19.7. The Balaban J connectivity index is 0.000000145. The number of piperidine rings is 2. The quantitative estimate of drug-likeness (QED) is 0.155. The molecule has 0 spiro atoms. The third kappa shape index (κ3) is 16.3. The lowest BCUT2D eigenvalue weighted by Gasteiger charge is -2.54. The highest BCUT2D eigenvalue weighted by molar-refractivity contribution is 9.10. The van der Waals surface area contributed by atoms with Crippen LogP contribution in [-0.4, -0.2) is 74.5 Å². The van der Waals surface area contributed by atoms with Gasteiger partial charge in [-0.25, -0.2) is 9.37 Å². The summed E-state index contributed by atoms with van der Waals surface area (Å²) in [4.78, 5) is 17.5. The Morgan fingerprint density at radius 1 is 0.544 bits per heavy atom. The highest BCUT2D eigenvalue weighted by Gasteiger charge is 2.42. The van der Waals surface area contributed by atoms with E-state index in [9.17, 15) is 4.39 Å². The predicted molar refractivity (Wildman–Crippen MR) is 394 cm³/mol. The van der Waals surface area contributed by atoms with E-state index in [4.69, 9.17) is 4.98 Å². The first-order chi connectivity index (χ1) is 42.1. The summed E-state index contributed by atoms with van der Waals surface area (Å²) in [5, 5.41) is 1.36. The number of aryl methyl sites for hydroxylation is 3. The molecule has 2 saturated heterocycles. The van der Waals surface area contributed by atoms with Crippen molar-refractivity contribution in [2.45, 2.75) is 280 Å². The third-order valence-electron chi connectivity index (χ3n) is 19.1. The molecular formula is C80H118BrFN8. The fourth-order valence-corrected chi connectivity index (χ4v) is 15.9. The molecule has 0 radical (unpaired) electrons. The van der Waals surface area contributed by atoms with Gasteiger partial charge >= 0.3 is 0 Å². The number of anilines is 5. The molecule has 10 heteroatoms. The van der Waals surface area contributed by atoms with Gasteiger partial charge in [0.05, 0.1) is 38.3 Å². The van der Waals surface area contributed by atoms with Crippen molar-refractivity contribution in [3.63, 3.8) is 0 Å². The molecule has 0 N–H and O–H groups in total. The number of benzene rings is 5. The second-order valence-corrected chi connectivity index (χ2v) is 33.3. The van der Waals surface area contributed by atoms with Crippen LogP contribution in [0.2, 0.25) is 0 Å². The van der Waals surface area contributed by atoms with Gasteiger partial charge < -0.3 is 33.6 Å². The molecule has 2 aromatic heterocycles. The number of hydrogen-bond donors (Lipinski definition) is 0.